The van der Waals surface area contributed by atoms with Gasteiger partial charge in [0.1, 0.15) is 12.2 Å². The molecule has 0 aliphatic heterocycles. The Bertz CT molecular complexity index is 1000. The minimum absolute atomic E-state index is 0.0888. The van der Waals surface area contributed by atoms with E-state index >= 15 is 0 Å². The molecule has 0 atom stereocenters. The Labute approximate surface area is 155 Å². The normalized spacial score (nSPS) is 11.3. The van der Waals surface area contributed by atoms with Gasteiger partial charge in [-0.2, -0.15) is 5.10 Å². The van der Waals surface area contributed by atoms with Gasteiger partial charge in [-0.3, -0.25) is 9.59 Å². The van der Waals surface area contributed by atoms with Crippen molar-refractivity contribution in [3.8, 4) is 0 Å². The van der Waals surface area contributed by atoms with E-state index < -0.39 is 0 Å². The number of hydrogen-bond donors (Lipinski definition) is 1. The minimum Gasteiger partial charge on any atom is -0.306 e. The summed E-state index contributed by atoms with van der Waals surface area (Å²) in [5.41, 5.74) is 3.94. The molecule has 0 radical (unpaired) electrons. The van der Waals surface area contributed by atoms with Crippen molar-refractivity contribution in [1.29, 1.82) is 0 Å². The zero-order valence-corrected chi connectivity index (χ0v) is 14.5. The van der Waals surface area contributed by atoms with Crippen molar-refractivity contribution in [3.05, 3.63) is 88.6 Å². The first-order valence-electron chi connectivity index (χ1n) is 8.29. The fourth-order valence-electron chi connectivity index (χ4n) is 2.31. The quantitative estimate of drug-likeness (QED) is 0.506. The van der Waals surface area contributed by atoms with Crippen molar-refractivity contribution in [2.45, 2.75) is 13.1 Å². The summed E-state index contributed by atoms with van der Waals surface area (Å²) in [5, 5.41) is 11.9. The molecule has 8 nitrogen and oxygen atoms in total. The number of hydrogen-bond acceptors (Lipinski definition) is 5. The molecule has 0 spiro atoms. The minimum atomic E-state index is -0.387. The van der Waals surface area contributed by atoms with Crippen LogP contribution in [0.3, 0.4) is 0 Å². The SMILES string of the molecule is O=C(Cn1ccccc1=O)N/N=C\C=C\c1cn(Cc2ccccc2)nn1. The molecular formula is C19H18N6O2. The van der Waals surface area contributed by atoms with Crippen LogP contribution < -0.4 is 11.0 Å². The molecular weight excluding hydrogens is 344 g/mol. The maximum atomic E-state index is 11.7. The number of benzene rings is 1. The Morgan fingerprint density at radius 1 is 1.15 bits per heavy atom. The average molecular weight is 362 g/mol. The zero-order valence-electron chi connectivity index (χ0n) is 14.5. The highest BCUT2D eigenvalue weighted by molar-refractivity contribution is 5.80. The molecule has 0 aliphatic carbocycles. The van der Waals surface area contributed by atoms with Crippen LogP contribution in [0.5, 0.6) is 0 Å². The summed E-state index contributed by atoms with van der Waals surface area (Å²) in [6.07, 6.45) is 8.17. The molecule has 1 N–H and O–H groups in total. The third-order valence-corrected chi connectivity index (χ3v) is 3.57. The van der Waals surface area contributed by atoms with Gasteiger partial charge >= 0.3 is 0 Å². The van der Waals surface area contributed by atoms with E-state index in [0.29, 0.717) is 12.2 Å². The van der Waals surface area contributed by atoms with Gasteiger partial charge < -0.3 is 4.57 Å². The number of allylic oxidation sites excluding steroid dienone is 1. The largest absolute Gasteiger partial charge is 0.306 e. The summed E-state index contributed by atoms with van der Waals surface area (Å²) >= 11 is 0. The van der Waals surface area contributed by atoms with Gasteiger partial charge in [0.15, 0.2) is 0 Å². The van der Waals surface area contributed by atoms with E-state index in [1.54, 1.807) is 35.2 Å². The van der Waals surface area contributed by atoms with Gasteiger partial charge in [0.05, 0.1) is 12.7 Å². The topological polar surface area (TPSA) is 94.2 Å². The van der Waals surface area contributed by atoms with Crippen molar-refractivity contribution in [2.75, 3.05) is 0 Å². The zero-order chi connectivity index (χ0) is 18.9. The molecule has 0 aliphatic rings. The van der Waals surface area contributed by atoms with Gasteiger partial charge in [-0.05, 0) is 23.8 Å². The predicted octanol–water partition coefficient (Wildman–Crippen LogP) is 1.30. The highest BCUT2D eigenvalue weighted by atomic mass is 16.2. The van der Waals surface area contributed by atoms with Gasteiger partial charge in [0.25, 0.3) is 11.5 Å². The molecule has 0 saturated carbocycles. The van der Waals surface area contributed by atoms with Crippen LogP contribution in [0.1, 0.15) is 11.3 Å². The molecule has 0 saturated heterocycles. The number of amides is 1. The number of nitrogens with zero attached hydrogens (tertiary/aromatic N) is 5. The summed E-state index contributed by atoms with van der Waals surface area (Å²) in [7, 11) is 0. The van der Waals surface area contributed by atoms with Crippen LogP contribution in [0.4, 0.5) is 0 Å². The number of aromatic nitrogens is 4. The molecule has 2 heterocycles. The number of carbonyl (C=O) groups is 1. The van der Waals surface area contributed by atoms with E-state index in [-0.39, 0.29) is 18.0 Å². The maximum absolute atomic E-state index is 11.7. The molecule has 8 heteroatoms. The summed E-state index contributed by atoms with van der Waals surface area (Å²) in [6, 6.07) is 14.7. The molecule has 136 valence electrons. The lowest BCUT2D eigenvalue weighted by Gasteiger charge is -2.02. The number of hydrazone groups is 1. The van der Waals surface area contributed by atoms with Crippen LogP contribution in [0.15, 0.2) is 76.9 Å². The summed E-state index contributed by atoms with van der Waals surface area (Å²) in [6.45, 7) is 0.555. The fourth-order valence-corrected chi connectivity index (χ4v) is 2.31. The summed E-state index contributed by atoms with van der Waals surface area (Å²) in [5.74, 6) is -0.387. The molecule has 0 bridgehead atoms. The highest BCUT2D eigenvalue weighted by Crippen LogP contribution is 2.02. The van der Waals surface area contributed by atoms with Gasteiger partial charge in [-0.1, -0.05) is 41.6 Å². The molecule has 1 amide bonds. The fraction of sp³-hybridized carbons (Fsp3) is 0.105. The first-order valence-corrected chi connectivity index (χ1v) is 8.29. The highest BCUT2D eigenvalue weighted by Gasteiger charge is 2.01. The Hall–Kier alpha value is -3.81. The van der Waals surface area contributed by atoms with Crippen molar-refractivity contribution < 1.29 is 4.79 Å². The Morgan fingerprint density at radius 2 is 1.96 bits per heavy atom. The monoisotopic (exact) mass is 362 g/mol. The average Bonchev–Trinajstić information content (AvgIpc) is 3.11. The standard InChI is InChI=1S/C19H18N6O2/c26-18(15-24-12-5-4-10-19(24)27)22-20-11-6-9-17-14-25(23-21-17)13-16-7-2-1-3-8-16/h1-12,14H,13,15H2,(H,22,26)/b9-6+,20-11-. The third-order valence-electron chi connectivity index (χ3n) is 3.57. The van der Waals surface area contributed by atoms with Crippen LogP contribution in [0.25, 0.3) is 6.08 Å². The van der Waals surface area contributed by atoms with E-state index in [4.69, 9.17) is 0 Å². The maximum Gasteiger partial charge on any atom is 0.260 e. The Kier molecular flexibility index (Phi) is 6.03. The first-order chi connectivity index (χ1) is 13.2. The predicted molar refractivity (Wildman–Crippen MR) is 102 cm³/mol. The van der Waals surface area contributed by atoms with Crippen molar-refractivity contribution in [3.63, 3.8) is 0 Å². The van der Waals surface area contributed by atoms with Crippen molar-refractivity contribution in [2.24, 2.45) is 5.10 Å². The van der Waals surface area contributed by atoms with E-state index in [1.807, 2.05) is 36.5 Å². The molecule has 0 unspecified atom stereocenters. The van der Waals surface area contributed by atoms with Crippen LogP contribution >= 0.6 is 0 Å². The molecule has 3 rings (SSSR count). The van der Waals surface area contributed by atoms with Crippen LogP contribution in [-0.4, -0.2) is 31.7 Å². The van der Waals surface area contributed by atoms with Crippen molar-refractivity contribution in [1.82, 2.24) is 25.0 Å². The number of rotatable bonds is 7. The van der Waals surface area contributed by atoms with Crippen LogP contribution in [0.2, 0.25) is 0 Å². The van der Waals surface area contributed by atoms with E-state index in [2.05, 4.69) is 20.8 Å². The number of pyridine rings is 1. The lowest BCUT2D eigenvalue weighted by Crippen LogP contribution is -2.28. The molecule has 3 aromatic rings. The number of nitrogens with one attached hydrogen (secondary N) is 1. The smallest absolute Gasteiger partial charge is 0.260 e. The summed E-state index contributed by atoms with van der Waals surface area (Å²) < 4.78 is 3.04. The molecule has 2 aromatic heterocycles. The van der Waals surface area contributed by atoms with Crippen LogP contribution in [0, 0.1) is 0 Å². The van der Waals surface area contributed by atoms with Gasteiger partial charge in [0, 0.05) is 18.5 Å². The summed E-state index contributed by atoms with van der Waals surface area (Å²) in [4.78, 5) is 23.3. The first kappa shape index (κ1) is 18.0. The second-order valence-corrected chi connectivity index (χ2v) is 5.67. The molecule has 0 fully saturated rings. The number of carbonyl (C=O) groups excluding carboxylic acids is 1. The Morgan fingerprint density at radius 3 is 2.78 bits per heavy atom. The lowest BCUT2D eigenvalue weighted by atomic mass is 10.2. The van der Waals surface area contributed by atoms with Gasteiger partial charge in [-0.15, -0.1) is 5.10 Å². The second kappa shape index (κ2) is 9.04. The van der Waals surface area contributed by atoms with E-state index in [1.165, 1.54) is 16.8 Å². The van der Waals surface area contributed by atoms with Gasteiger partial charge in [0.2, 0.25) is 0 Å². The lowest BCUT2D eigenvalue weighted by molar-refractivity contribution is -0.121. The van der Waals surface area contributed by atoms with E-state index in [9.17, 15) is 9.59 Å². The van der Waals surface area contributed by atoms with E-state index in [0.717, 1.165) is 5.56 Å². The van der Waals surface area contributed by atoms with Crippen molar-refractivity contribution >= 4 is 18.2 Å². The Balaban J connectivity index is 1.47. The third kappa shape index (κ3) is 5.60. The molecule has 27 heavy (non-hydrogen) atoms. The van der Waals surface area contributed by atoms with Crippen LogP contribution in [-0.2, 0) is 17.9 Å². The second-order valence-electron chi connectivity index (χ2n) is 5.67. The van der Waals surface area contributed by atoms with Gasteiger partial charge in [-0.25, -0.2) is 10.1 Å². The molecule has 1 aromatic carbocycles.